The fraction of sp³-hybridized carbons (Fsp3) is 0.344. The Morgan fingerprint density at radius 3 is 2.73 bits per heavy atom. The van der Waals surface area contributed by atoms with Gasteiger partial charge >= 0.3 is 0 Å². The van der Waals surface area contributed by atoms with Crippen LogP contribution in [0.3, 0.4) is 0 Å². The average molecular weight is 492 g/mol. The lowest BCUT2D eigenvalue weighted by Gasteiger charge is -2.34. The Morgan fingerprint density at radius 1 is 1.08 bits per heavy atom. The number of hydrogen-bond acceptors (Lipinski definition) is 3. The molecule has 5 heteroatoms. The van der Waals surface area contributed by atoms with Gasteiger partial charge in [0.05, 0.1) is 11.5 Å². The molecule has 0 fully saturated rings. The third-order valence-electron chi connectivity index (χ3n) is 8.20. The minimum atomic E-state index is -0.556. The van der Waals surface area contributed by atoms with E-state index in [1.54, 1.807) is 6.20 Å². The first-order chi connectivity index (χ1) is 17.8. The standard InChI is InChI=1S/C32H33N3O2/c1-31(2,3)30(37)35(27-15-14-22-9-4-5-10-25(22)27)17-7-8-21-12-13-23-19-32(20-24(23)18-21)26-11-6-16-33-28(26)34-29(32)36/h4-13,16,18,27H,14-15,17,19-20H2,1-3H3,(H,33,34,36)/b8-7+/t27-,32-/m1/s1. The summed E-state index contributed by atoms with van der Waals surface area (Å²) in [4.78, 5) is 32.9. The zero-order chi connectivity index (χ0) is 25.8. The minimum absolute atomic E-state index is 0.0441. The molecule has 0 radical (unpaired) electrons. The number of benzene rings is 2. The number of carbonyl (C=O) groups is 2. The summed E-state index contributed by atoms with van der Waals surface area (Å²) in [5.74, 6) is 0.912. The zero-order valence-corrected chi connectivity index (χ0v) is 21.8. The van der Waals surface area contributed by atoms with Crippen molar-refractivity contribution in [1.82, 2.24) is 9.88 Å². The molecule has 0 unspecified atom stereocenters. The molecular weight excluding hydrogens is 458 g/mol. The Kier molecular flexibility index (Phi) is 5.55. The van der Waals surface area contributed by atoms with Gasteiger partial charge in [-0.3, -0.25) is 9.59 Å². The van der Waals surface area contributed by atoms with Crippen molar-refractivity contribution in [1.29, 1.82) is 0 Å². The Balaban J connectivity index is 1.23. The van der Waals surface area contributed by atoms with Crippen LogP contribution in [0.2, 0.25) is 0 Å². The van der Waals surface area contributed by atoms with Crippen LogP contribution in [-0.2, 0) is 34.3 Å². The molecule has 1 aliphatic heterocycles. The number of nitrogens with zero attached hydrogens (tertiary/aromatic N) is 2. The van der Waals surface area contributed by atoms with Crippen molar-refractivity contribution in [3.8, 4) is 0 Å². The Hall–Kier alpha value is -3.73. The molecule has 3 aliphatic rings. The van der Waals surface area contributed by atoms with E-state index in [4.69, 9.17) is 0 Å². The van der Waals surface area contributed by atoms with Gasteiger partial charge in [-0.05, 0) is 59.6 Å². The van der Waals surface area contributed by atoms with Crippen LogP contribution in [0.4, 0.5) is 5.82 Å². The summed E-state index contributed by atoms with van der Waals surface area (Å²) in [6.07, 6.45) is 9.30. The lowest BCUT2D eigenvalue weighted by molar-refractivity contribution is -0.141. The molecule has 188 valence electrons. The summed E-state index contributed by atoms with van der Waals surface area (Å²) in [5, 5.41) is 2.98. The number of carbonyl (C=O) groups excluding carboxylic acids is 2. The highest BCUT2D eigenvalue weighted by Crippen LogP contribution is 2.46. The van der Waals surface area contributed by atoms with Crippen molar-refractivity contribution in [2.45, 2.75) is 57.9 Å². The number of aryl methyl sites for hydroxylation is 1. The fourth-order valence-corrected chi connectivity index (χ4v) is 6.33. The second-order valence-corrected chi connectivity index (χ2v) is 11.7. The molecular formula is C32H33N3O2. The highest BCUT2D eigenvalue weighted by atomic mass is 16.2. The molecule has 2 aliphatic carbocycles. The molecule has 2 atom stereocenters. The zero-order valence-electron chi connectivity index (χ0n) is 21.8. The normalized spacial score (nSPS) is 21.7. The third kappa shape index (κ3) is 3.97. The predicted molar refractivity (Wildman–Crippen MR) is 146 cm³/mol. The second-order valence-electron chi connectivity index (χ2n) is 11.7. The number of aromatic nitrogens is 1. The van der Waals surface area contributed by atoms with Crippen LogP contribution >= 0.6 is 0 Å². The van der Waals surface area contributed by atoms with E-state index in [9.17, 15) is 9.59 Å². The molecule has 5 nitrogen and oxygen atoms in total. The Morgan fingerprint density at radius 2 is 1.89 bits per heavy atom. The molecule has 0 saturated carbocycles. The van der Waals surface area contributed by atoms with E-state index >= 15 is 0 Å². The number of pyridine rings is 1. The second kappa shape index (κ2) is 8.69. The molecule has 1 N–H and O–H groups in total. The predicted octanol–water partition coefficient (Wildman–Crippen LogP) is 5.65. The average Bonchev–Trinajstić information content (AvgIpc) is 3.55. The van der Waals surface area contributed by atoms with Gasteiger partial charge in [-0.25, -0.2) is 4.98 Å². The molecule has 1 spiro atoms. The van der Waals surface area contributed by atoms with Crippen molar-refractivity contribution in [2.75, 3.05) is 11.9 Å². The number of nitrogens with one attached hydrogen (secondary N) is 1. The molecule has 37 heavy (non-hydrogen) atoms. The van der Waals surface area contributed by atoms with E-state index in [2.05, 4.69) is 69.8 Å². The van der Waals surface area contributed by atoms with Gasteiger partial charge in [0.15, 0.2) is 0 Å². The summed E-state index contributed by atoms with van der Waals surface area (Å²) in [6, 6.07) is 19.0. The molecule has 6 rings (SSSR count). The van der Waals surface area contributed by atoms with Crippen LogP contribution in [0.5, 0.6) is 0 Å². The SMILES string of the molecule is CC(C)(C)C(=O)N(C/C=C/c1ccc2c(c1)C[C@@]1(C2)C(=O)Nc2ncccc21)[C@@H]1CCc2ccccc21. The van der Waals surface area contributed by atoms with E-state index in [0.29, 0.717) is 25.2 Å². The number of amides is 2. The van der Waals surface area contributed by atoms with Crippen LogP contribution < -0.4 is 5.32 Å². The minimum Gasteiger partial charge on any atom is -0.331 e. The van der Waals surface area contributed by atoms with Crippen LogP contribution in [-0.4, -0.2) is 28.2 Å². The number of rotatable bonds is 4. The van der Waals surface area contributed by atoms with Crippen LogP contribution in [0.25, 0.3) is 6.08 Å². The molecule has 0 bridgehead atoms. The smallest absolute Gasteiger partial charge is 0.237 e. The van der Waals surface area contributed by atoms with Crippen molar-refractivity contribution < 1.29 is 9.59 Å². The maximum Gasteiger partial charge on any atom is 0.237 e. The lowest BCUT2D eigenvalue weighted by Crippen LogP contribution is -2.41. The van der Waals surface area contributed by atoms with Gasteiger partial charge in [0.1, 0.15) is 5.82 Å². The molecule has 2 amide bonds. The summed E-state index contributed by atoms with van der Waals surface area (Å²) in [7, 11) is 0. The maximum absolute atomic E-state index is 13.5. The molecule has 2 aromatic carbocycles. The van der Waals surface area contributed by atoms with Gasteiger partial charge < -0.3 is 10.2 Å². The molecule has 2 heterocycles. The summed E-state index contributed by atoms with van der Waals surface area (Å²) in [6.45, 7) is 6.56. The van der Waals surface area contributed by atoms with Crippen LogP contribution in [0.1, 0.15) is 66.6 Å². The van der Waals surface area contributed by atoms with Crippen molar-refractivity contribution in [3.63, 3.8) is 0 Å². The lowest BCUT2D eigenvalue weighted by atomic mass is 9.79. The van der Waals surface area contributed by atoms with Crippen LogP contribution in [0, 0.1) is 5.41 Å². The van der Waals surface area contributed by atoms with Gasteiger partial charge in [0, 0.05) is 23.7 Å². The van der Waals surface area contributed by atoms with Gasteiger partial charge in [-0.2, -0.15) is 0 Å². The van der Waals surface area contributed by atoms with Gasteiger partial charge in [-0.1, -0.05) is 81.5 Å². The molecule has 1 aromatic heterocycles. The third-order valence-corrected chi connectivity index (χ3v) is 8.20. The van der Waals surface area contributed by atoms with Gasteiger partial charge in [0.25, 0.3) is 0 Å². The van der Waals surface area contributed by atoms with Crippen LogP contribution in [0.15, 0.2) is 66.9 Å². The first-order valence-corrected chi connectivity index (χ1v) is 13.2. The topological polar surface area (TPSA) is 62.3 Å². The van der Waals surface area contributed by atoms with E-state index in [0.717, 1.165) is 24.0 Å². The number of anilines is 1. The highest BCUT2D eigenvalue weighted by molar-refractivity contribution is 6.06. The van der Waals surface area contributed by atoms with Crippen molar-refractivity contribution in [2.24, 2.45) is 5.41 Å². The highest BCUT2D eigenvalue weighted by Gasteiger charge is 2.51. The molecule has 0 saturated heterocycles. The first kappa shape index (κ1) is 23.7. The van der Waals surface area contributed by atoms with E-state index < -0.39 is 10.8 Å². The quantitative estimate of drug-likeness (QED) is 0.513. The first-order valence-electron chi connectivity index (χ1n) is 13.2. The Bertz CT molecular complexity index is 1430. The maximum atomic E-state index is 13.5. The fourth-order valence-electron chi connectivity index (χ4n) is 6.33. The van der Waals surface area contributed by atoms with E-state index in [1.165, 1.54) is 22.3 Å². The van der Waals surface area contributed by atoms with Crippen molar-refractivity contribution >= 4 is 23.7 Å². The van der Waals surface area contributed by atoms with Gasteiger partial charge in [-0.15, -0.1) is 0 Å². The van der Waals surface area contributed by atoms with E-state index in [-0.39, 0.29) is 17.9 Å². The van der Waals surface area contributed by atoms with Gasteiger partial charge in [0.2, 0.25) is 11.8 Å². The summed E-state index contributed by atoms with van der Waals surface area (Å²) >= 11 is 0. The monoisotopic (exact) mass is 491 g/mol. The summed E-state index contributed by atoms with van der Waals surface area (Å²) in [5.41, 5.74) is 6.15. The largest absolute Gasteiger partial charge is 0.331 e. The summed E-state index contributed by atoms with van der Waals surface area (Å²) < 4.78 is 0. The number of fused-ring (bicyclic) bond motifs is 4. The van der Waals surface area contributed by atoms with Crippen molar-refractivity contribution in [3.05, 3.63) is 100 Å². The number of hydrogen-bond donors (Lipinski definition) is 1. The Labute approximate surface area is 218 Å². The molecule has 3 aromatic rings. The van der Waals surface area contributed by atoms with E-state index in [1.807, 2.05) is 32.9 Å².